The highest BCUT2D eigenvalue weighted by molar-refractivity contribution is 8.00. The van der Waals surface area contributed by atoms with Crippen LogP contribution in [0.25, 0.3) is 0 Å². The Balaban J connectivity index is 1.68. The van der Waals surface area contributed by atoms with E-state index < -0.39 is 20.3 Å². The summed E-state index contributed by atoms with van der Waals surface area (Å²) < 4.78 is 5.60. The lowest BCUT2D eigenvalue weighted by molar-refractivity contribution is -0.150. The van der Waals surface area contributed by atoms with E-state index in [1.807, 2.05) is 56.9 Å². The van der Waals surface area contributed by atoms with Crippen molar-refractivity contribution in [2.24, 2.45) is 0 Å². The second-order valence-electron chi connectivity index (χ2n) is 7.75. The van der Waals surface area contributed by atoms with Crippen molar-refractivity contribution in [3.05, 3.63) is 47.2 Å². The summed E-state index contributed by atoms with van der Waals surface area (Å²) in [5, 5.41) is 2.56. The summed E-state index contributed by atoms with van der Waals surface area (Å²) in [5.74, 6) is -0.248. The van der Waals surface area contributed by atoms with Gasteiger partial charge in [0.1, 0.15) is 17.1 Å². The molecule has 2 atom stereocenters. The Hall–Kier alpha value is -2.06. The third kappa shape index (κ3) is 4.27. The molecule has 0 saturated carbocycles. The number of carbonyl (C=O) groups excluding carboxylic acids is 3. The van der Waals surface area contributed by atoms with Crippen molar-refractivity contribution >= 4 is 37.9 Å². The highest BCUT2D eigenvalue weighted by atomic mass is 32.2. The average Bonchev–Trinajstić information content (AvgIpc) is 2.58. The van der Waals surface area contributed by atoms with Gasteiger partial charge in [-0.1, -0.05) is 30.3 Å². The van der Waals surface area contributed by atoms with Crippen LogP contribution in [0.1, 0.15) is 12.5 Å². The zero-order valence-electron chi connectivity index (χ0n) is 15.9. The standard InChI is InChI=1S/C19H24N2O4SSi/c1-12-11-26-18-15(20-14(22)10-13-8-6-5-7-9-13)17(23)21(18)16(12)19(24)25-27(2,3)4/h5-9,15,18H,10-11H2,1-4H3,(H,20,22). The third-order valence-electron chi connectivity index (χ3n) is 4.28. The summed E-state index contributed by atoms with van der Waals surface area (Å²) >= 11 is 1.56. The molecule has 2 unspecified atom stereocenters. The van der Waals surface area contributed by atoms with E-state index in [2.05, 4.69) is 5.32 Å². The Morgan fingerprint density at radius 2 is 1.93 bits per heavy atom. The maximum atomic E-state index is 12.7. The third-order valence-corrected chi connectivity index (χ3v) is 6.50. The number of rotatable bonds is 5. The molecule has 8 heteroatoms. The molecule has 0 radical (unpaired) electrons. The first-order chi connectivity index (χ1) is 12.7. The molecule has 0 aromatic heterocycles. The Morgan fingerprint density at radius 3 is 2.56 bits per heavy atom. The molecule has 3 rings (SSSR count). The van der Waals surface area contributed by atoms with E-state index in [4.69, 9.17) is 4.43 Å². The predicted molar refractivity (Wildman–Crippen MR) is 107 cm³/mol. The van der Waals surface area contributed by atoms with Gasteiger partial charge in [-0.3, -0.25) is 14.5 Å². The summed E-state index contributed by atoms with van der Waals surface area (Å²) in [5.41, 5.74) is 2.08. The minimum atomic E-state index is -2.07. The van der Waals surface area contributed by atoms with Gasteiger partial charge < -0.3 is 9.74 Å². The van der Waals surface area contributed by atoms with Crippen LogP contribution in [0.3, 0.4) is 0 Å². The van der Waals surface area contributed by atoms with E-state index in [1.165, 1.54) is 4.90 Å². The number of nitrogens with zero attached hydrogens (tertiary/aromatic N) is 1. The molecule has 1 aromatic carbocycles. The number of amides is 2. The first kappa shape index (κ1) is 19.7. The molecule has 0 spiro atoms. The molecule has 27 heavy (non-hydrogen) atoms. The summed E-state index contributed by atoms with van der Waals surface area (Å²) in [6.07, 6.45) is 0.224. The van der Waals surface area contributed by atoms with Gasteiger partial charge >= 0.3 is 5.97 Å². The Kier molecular flexibility index (Phi) is 5.48. The van der Waals surface area contributed by atoms with Crippen LogP contribution in [0.2, 0.25) is 19.6 Å². The van der Waals surface area contributed by atoms with Gasteiger partial charge in [-0.25, -0.2) is 4.79 Å². The lowest BCUT2D eigenvalue weighted by Gasteiger charge is -2.49. The van der Waals surface area contributed by atoms with Crippen molar-refractivity contribution in [3.63, 3.8) is 0 Å². The van der Waals surface area contributed by atoms with Gasteiger partial charge in [-0.2, -0.15) is 0 Å². The molecule has 1 fully saturated rings. The number of β-lactam (4-membered cyclic amide) rings is 1. The van der Waals surface area contributed by atoms with Gasteiger partial charge in [0, 0.05) is 5.75 Å². The quantitative estimate of drug-likeness (QED) is 0.602. The van der Waals surface area contributed by atoms with Gasteiger partial charge in [0.2, 0.25) is 14.2 Å². The molecule has 6 nitrogen and oxygen atoms in total. The van der Waals surface area contributed by atoms with E-state index >= 15 is 0 Å². The zero-order chi connectivity index (χ0) is 19.8. The van der Waals surface area contributed by atoms with E-state index in [-0.39, 0.29) is 23.6 Å². The fourth-order valence-electron chi connectivity index (χ4n) is 3.09. The van der Waals surface area contributed by atoms with E-state index in [0.29, 0.717) is 11.4 Å². The molecule has 2 aliphatic rings. The van der Waals surface area contributed by atoms with Gasteiger partial charge in [-0.15, -0.1) is 11.8 Å². The normalized spacial score (nSPS) is 22.1. The minimum absolute atomic E-state index is 0.197. The lowest BCUT2D eigenvalue weighted by atomic mass is 10.0. The molecule has 2 aliphatic heterocycles. The number of hydrogen-bond acceptors (Lipinski definition) is 5. The largest absolute Gasteiger partial charge is 0.515 e. The Morgan fingerprint density at radius 1 is 1.26 bits per heavy atom. The molecule has 1 saturated heterocycles. The van der Waals surface area contributed by atoms with Crippen LogP contribution in [0, 0.1) is 0 Å². The van der Waals surface area contributed by atoms with Crippen LogP contribution >= 0.6 is 11.8 Å². The number of carbonyl (C=O) groups is 3. The van der Waals surface area contributed by atoms with Crippen LogP contribution in [-0.2, 0) is 25.2 Å². The smallest absolute Gasteiger partial charge is 0.341 e. The van der Waals surface area contributed by atoms with Crippen LogP contribution in [0.15, 0.2) is 41.6 Å². The summed E-state index contributed by atoms with van der Waals surface area (Å²) in [4.78, 5) is 39.1. The summed E-state index contributed by atoms with van der Waals surface area (Å²) in [7, 11) is -2.07. The van der Waals surface area contributed by atoms with Gasteiger partial charge in [0.05, 0.1) is 6.42 Å². The number of benzene rings is 1. The van der Waals surface area contributed by atoms with Crippen molar-refractivity contribution in [3.8, 4) is 0 Å². The lowest BCUT2D eigenvalue weighted by Crippen LogP contribution is -2.70. The topological polar surface area (TPSA) is 75.7 Å². The molecule has 2 heterocycles. The number of fused-ring (bicyclic) bond motifs is 1. The van der Waals surface area contributed by atoms with Gasteiger partial charge in [0.25, 0.3) is 5.91 Å². The van der Waals surface area contributed by atoms with E-state index in [1.54, 1.807) is 11.8 Å². The molecule has 2 amide bonds. The summed E-state index contributed by atoms with van der Waals surface area (Å²) in [6.45, 7) is 7.64. The predicted octanol–water partition coefficient (Wildman–Crippen LogP) is 2.28. The molecular weight excluding hydrogens is 380 g/mol. The highest BCUT2D eigenvalue weighted by Gasteiger charge is 2.54. The SMILES string of the molecule is CC1=C(C(=O)O[Si](C)(C)C)N2C(=O)C(NC(=O)Cc3ccccc3)C2SC1. The van der Waals surface area contributed by atoms with Crippen LogP contribution in [0.5, 0.6) is 0 Å². The number of thioether (sulfide) groups is 1. The highest BCUT2D eigenvalue weighted by Crippen LogP contribution is 2.40. The Labute approximate surface area is 164 Å². The second-order valence-corrected chi connectivity index (χ2v) is 13.3. The molecule has 0 aliphatic carbocycles. The van der Waals surface area contributed by atoms with Crippen molar-refractivity contribution in [2.75, 3.05) is 5.75 Å². The van der Waals surface area contributed by atoms with Crippen LogP contribution in [0.4, 0.5) is 0 Å². The fraction of sp³-hybridized carbons (Fsp3) is 0.421. The van der Waals surface area contributed by atoms with Crippen molar-refractivity contribution in [1.82, 2.24) is 10.2 Å². The maximum absolute atomic E-state index is 12.7. The van der Waals surface area contributed by atoms with Gasteiger partial charge in [0.15, 0.2) is 0 Å². The van der Waals surface area contributed by atoms with Crippen molar-refractivity contribution < 1.29 is 18.8 Å². The number of hydrogen-bond donors (Lipinski definition) is 1. The second kappa shape index (κ2) is 7.51. The van der Waals surface area contributed by atoms with E-state index in [9.17, 15) is 14.4 Å². The van der Waals surface area contributed by atoms with Gasteiger partial charge in [-0.05, 0) is 37.7 Å². The Bertz CT molecular complexity index is 804. The van der Waals surface area contributed by atoms with E-state index in [0.717, 1.165) is 11.1 Å². The summed E-state index contributed by atoms with van der Waals surface area (Å²) in [6, 6.07) is 8.79. The molecule has 1 N–H and O–H groups in total. The van der Waals surface area contributed by atoms with Crippen LogP contribution in [-0.4, -0.2) is 48.2 Å². The van der Waals surface area contributed by atoms with Crippen molar-refractivity contribution in [2.45, 2.75) is 44.4 Å². The monoisotopic (exact) mass is 404 g/mol. The minimum Gasteiger partial charge on any atom is -0.515 e. The van der Waals surface area contributed by atoms with Crippen LogP contribution < -0.4 is 5.32 Å². The molecule has 144 valence electrons. The molecule has 0 bridgehead atoms. The number of nitrogens with one attached hydrogen (secondary N) is 1. The first-order valence-corrected chi connectivity index (χ1v) is 13.3. The zero-order valence-corrected chi connectivity index (χ0v) is 17.8. The fourth-order valence-corrected chi connectivity index (χ4v) is 5.04. The average molecular weight is 405 g/mol. The van der Waals surface area contributed by atoms with Crippen molar-refractivity contribution in [1.29, 1.82) is 0 Å². The molecular formula is C19H24N2O4SSi. The molecule has 1 aromatic rings. The maximum Gasteiger partial charge on any atom is 0.341 e. The first-order valence-electron chi connectivity index (χ1n) is 8.88.